The molecule has 2 amide bonds. The van der Waals surface area contributed by atoms with Gasteiger partial charge in [-0.25, -0.2) is 9.59 Å². The third-order valence-corrected chi connectivity index (χ3v) is 4.57. The van der Waals surface area contributed by atoms with Gasteiger partial charge in [0.25, 0.3) is 0 Å². The topological polar surface area (TPSA) is 64.1 Å². The fraction of sp³-hybridized carbons (Fsp3) is 0.846. The molecule has 2 aliphatic rings. The first-order chi connectivity index (χ1) is 8.75. The number of carboxylic acids is 1. The summed E-state index contributed by atoms with van der Waals surface area (Å²) in [5, 5.41) is 9.28. The summed E-state index contributed by atoms with van der Waals surface area (Å²) in [7, 11) is 3.86. The summed E-state index contributed by atoms with van der Waals surface area (Å²) in [6.45, 7) is 5.71. The maximum absolute atomic E-state index is 12.3. The van der Waals surface area contributed by atoms with Gasteiger partial charge >= 0.3 is 12.0 Å². The second-order valence-electron chi connectivity index (χ2n) is 6.25. The number of amides is 2. The molecule has 0 aromatic carbocycles. The first kappa shape index (κ1) is 14.1. The standard InChI is InChI=1S/C13H23N3O3/c1-13(2,11(17)18)16-8-10(15(4)12(16)19)9-5-6-14(3)7-9/h9-10H,5-8H2,1-4H3,(H,17,18). The third-order valence-electron chi connectivity index (χ3n) is 4.57. The summed E-state index contributed by atoms with van der Waals surface area (Å²) in [5.74, 6) is -0.521. The highest BCUT2D eigenvalue weighted by Crippen LogP contribution is 2.31. The zero-order chi connectivity index (χ0) is 14.4. The highest BCUT2D eigenvalue weighted by atomic mass is 16.4. The lowest BCUT2D eigenvalue weighted by atomic mass is 9.97. The van der Waals surface area contributed by atoms with Crippen LogP contribution in [0.25, 0.3) is 0 Å². The molecule has 6 heteroatoms. The molecule has 1 N–H and O–H groups in total. The zero-order valence-electron chi connectivity index (χ0n) is 12.1. The Kier molecular flexibility index (Phi) is 3.47. The Bertz CT molecular complexity index is 397. The minimum absolute atomic E-state index is 0.121. The van der Waals surface area contributed by atoms with Gasteiger partial charge in [-0.3, -0.25) is 0 Å². The SMILES string of the molecule is CN1CCC(C2CN(C(C)(C)C(=O)O)C(=O)N2C)C1. The number of likely N-dealkylation sites (N-methyl/N-ethyl adjacent to an activating group) is 1. The van der Waals surface area contributed by atoms with Gasteiger partial charge in [0.05, 0.1) is 6.04 Å². The van der Waals surface area contributed by atoms with Crippen LogP contribution in [0.5, 0.6) is 0 Å². The summed E-state index contributed by atoms with van der Waals surface area (Å²) < 4.78 is 0. The molecule has 2 heterocycles. The van der Waals surface area contributed by atoms with E-state index in [-0.39, 0.29) is 12.1 Å². The predicted octanol–water partition coefficient (Wildman–Crippen LogP) is 0.537. The van der Waals surface area contributed by atoms with Crippen molar-refractivity contribution in [1.82, 2.24) is 14.7 Å². The van der Waals surface area contributed by atoms with Crippen LogP contribution < -0.4 is 0 Å². The van der Waals surface area contributed by atoms with Gasteiger partial charge in [-0.05, 0) is 39.8 Å². The van der Waals surface area contributed by atoms with Crippen molar-refractivity contribution in [3.05, 3.63) is 0 Å². The minimum Gasteiger partial charge on any atom is -0.480 e. The van der Waals surface area contributed by atoms with Gasteiger partial charge in [0.2, 0.25) is 0 Å². The Balaban J connectivity index is 2.15. The van der Waals surface area contributed by atoms with E-state index in [1.807, 2.05) is 0 Å². The van der Waals surface area contributed by atoms with Gasteiger partial charge in [-0.2, -0.15) is 0 Å². The van der Waals surface area contributed by atoms with Gasteiger partial charge in [0.1, 0.15) is 5.54 Å². The lowest BCUT2D eigenvalue weighted by molar-refractivity contribution is -0.147. The molecule has 0 aromatic heterocycles. The summed E-state index contributed by atoms with van der Waals surface area (Å²) >= 11 is 0. The van der Waals surface area contributed by atoms with Crippen LogP contribution in [0.3, 0.4) is 0 Å². The molecule has 0 aromatic rings. The molecule has 2 aliphatic heterocycles. The number of hydrogen-bond acceptors (Lipinski definition) is 3. The number of rotatable bonds is 3. The number of carbonyl (C=O) groups excluding carboxylic acids is 1. The molecule has 108 valence electrons. The number of urea groups is 1. The molecular formula is C13H23N3O3. The van der Waals surface area contributed by atoms with E-state index in [4.69, 9.17) is 0 Å². The summed E-state index contributed by atoms with van der Waals surface area (Å²) in [6, 6.07) is -0.0528. The summed E-state index contributed by atoms with van der Waals surface area (Å²) in [5.41, 5.74) is -1.15. The van der Waals surface area contributed by atoms with Gasteiger partial charge in [-0.15, -0.1) is 0 Å². The molecule has 0 spiro atoms. The van der Waals surface area contributed by atoms with E-state index in [1.54, 1.807) is 25.8 Å². The number of aliphatic carboxylic acids is 1. The van der Waals surface area contributed by atoms with E-state index in [0.717, 1.165) is 19.5 Å². The highest BCUT2D eigenvalue weighted by molar-refractivity contribution is 5.87. The Labute approximate surface area is 114 Å². The Morgan fingerprint density at radius 1 is 1.32 bits per heavy atom. The van der Waals surface area contributed by atoms with Crippen molar-refractivity contribution in [2.75, 3.05) is 33.7 Å². The molecule has 2 atom stereocenters. The van der Waals surface area contributed by atoms with Gasteiger partial charge < -0.3 is 19.8 Å². The number of hydrogen-bond donors (Lipinski definition) is 1. The molecule has 2 fully saturated rings. The van der Waals surface area contributed by atoms with Crippen molar-refractivity contribution < 1.29 is 14.7 Å². The maximum Gasteiger partial charge on any atom is 0.329 e. The maximum atomic E-state index is 12.3. The molecule has 2 saturated heterocycles. The summed E-state index contributed by atoms with van der Waals surface area (Å²) in [4.78, 5) is 29.1. The van der Waals surface area contributed by atoms with Crippen LogP contribution in [0.4, 0.5) is 4.79 Å². The third kappa shape index (κ3) is 2.29. The molecular weight excluding hydrogens is 246 g/mol. The van der Waals surface area contributed by atoms with Crippen LogP contribution >= 0.6 is 0 Å². The van der Waals surface area contributed by atoms with E-state index in [1.165, 1.54) is 4.90 Å². The number of carbonyl (C=O) groups is 2. The van der Waals surface area contributed by atoms with E-state index >= 15 is 0 Å². The lowest BCUT2D eigenvalue weighted by Crippen LogP contribution is -2.51. The van der Waals surface area contributed by atoms with Crippen LogP contribution in [-0.4, -0.2) is 77.1 Å². The largest absolute Gasteiger partial charge is 0.480 e. The monoisotopic (exact) mass is 269 g/mol. The number of likely N-dealkylation sites (tertiary alicyclic amines) is 1. The number of nitrogens with zero attached hydrogens (tertiary/aromatic N) is 3. The molecule has 0 radical (unpaired) electrons. The molecule has 0 saturated carbocycles. The van der Waals surface area contributed by atoms with Gasteiger partial charge in [-0.1, -0.05) is 0 Å². The molecule has 19 heavy (non-hydrogen) atoms. The van der Waals surface area contributed by atoms with Crippen LogP contribution in [0.1, 0.15) is 20.3 Å². The summed E-state index contributed by atoms with van der Waals surface area (Å²) in [6.07, 6.45) is 1.07. The predicted molar refractivity (Wildman–Crippen MR) is 71.0 cm³/mol. The smallest absolute Gasteiger partial charge is 0.329 e. The van der Waals surface area contributed by atoms with Crippen molar-refractivity contribution in [3.63, 3.8) is 0 Å². The normalized spacial score (nSPS) is 29.4. The zero-order valence-corrected chi connectivity index (χ0v) is 12.1. The molecule has 0 bridgehead atoms. The van der Waals surface area contributed by atoms with Crippen molar-refractivity contribution in [1.29, 1.82) is 0 Å². The molecule has 2 rings (SSSR count). The first-order valence-corrected chi connectivity index (χ1v) is 6.71. The van der Waals surface area contributed by atoms with Crippen molar-refractivity contribution in [3.8, 4) is 0 Å². The average Bonchev–Trinajstić information content (AvgIpc) is 2.85. The van der Waals surface area contributed by atoms with Crippen LogP contribution in [0, 0.1) is 5.92 Å². The van der Waals surface area contributed by atoms with E-state index in [0.29, 0.717) is 12.5 Å². The van der Waals surface area contributed by atoms with Crippen LogP contribution in [0.15, 0.2) is 0 Å². The second-order valence-corrected chi connectivity index (χ2v) is 6.25. The van der Waals surface area contributed by atoms with Crippen molar-refractivity contribution in [2.24, 2.45) is 5.92 Å². The Hall–Kier alpha value is -1.30. The average molecular weight is 269 g/mol. The fourth-order valence-electron chi connectivity index (χ4n) is 3.05. The van der Waals surface area contributed by atoms with Gasteiger partial charge in [0, 0.05) is 20.1 Å². The first-order valence-electron chi connectivity index (χ1n) is 6.71. The van der Waals surface area contributed by atoms with Crippen LogP contribution in [-0.2, 0) is 4.79 Å². The molecule has 6 nitrogen and oxygen atoms in total. The highest BCUT2D eigenvalue weighted by Gasteiger charge is 2.48. The van der Waals surface area contributed by atoms with E-state index < -0.39 is 11.5 Å². The van der Waals surface area contributed by atoms with E-state index in [9.17, 15) is 14.7 Å². The van der Waals surface area contributed by atoms with Gasteiger partial charge in [0.15, 0.2) is 0 Å². The van der Waals surface area contributed by atoms with Crippen molar-refractivity contribution >= 4 is 12.0 Å². The van der Waals surface area contributed by atoms with E-state index in [2.05, 4.69) is 11.9 Å². The second kappa shape index (κ2) is 4.67. The quantitative estimate of drug-likeness (QED) is 0.812. The molecule has 0 aliphatic carbocycles. The molecule has 2 unspecified atom stereocenters. The van der Waals surface area contributed by atoms with Crippen LogP contribution in [0.2, 0.25) is 0 Å². The lowest BCUT2D eigenvalue weighted by Gasteiger charge is -2.30. The number of carboxylic acid groups (broad SMARTS) is 1. The Morgan fingerprint density at radius 2 is 1.95 bits per heavy atom. The fourth-order valence-corrected chi connectivity index (χ4v) is 3.05. The van der Waals surface area contributed by atoms with Crippen molar-refractivity contribution in [2.45, 2.75) is 31.8 Å². The minimum atomic E-state index is -1.15. The Morgan fingerprint density at radius 3 is 2.42 bits per heavy atom.